The molecule has 27 heavy (non-hydrogen) atoms. The highest BCUT2D eigenvalue weighted by molar-refractivity contribution is 5.68. The monoisotopic (exact) mass is 366 g/mol. The molecule has 1 N–H and O–H groups in total. The minimum atomic E-state index is -0.229. The van der Waals surface area contributed by atoms with Crippen LogP contribution in [0.15, 0.2) is 54.6 Å². The predicted octanol–water partition coefficient (Wildman–Crippen LogP) is 3.17. The zero-order valence-electron chi connectivity index (χ0n) is 15.5. The molecule has 0 radical (unpaired) electrons. The van der Waals surface area contributed by atoms with Gasteiger partial charge in [0, 0.05) is 37.3 Å². The SMILES string of the molecule is O=C(OCc1ccccc1)N1CCC2(CC1)CN(CCO)c1ccccc12. The Hall–Kier alpha value is -2.53. The molecule has 0 aromatic heterocycles. The average molecular weight is 366 g/mol. The smallest absolute Gasteiger partial charge is 0.410 e. The van der Waals surface area contributed by atoms with Crippen LogP contribution in [0.4, 0.5) is 10.5 Å². The maximum atomic E-state index is 12.4. The maximum Gasteiger partial charge on any atom is 0.410 e. The lowest BCUT2D eigenvalue weighted by molar-refractivity contribution is 0.0789. The molecule has 2 aliphatic rings. The Morgan fingerprint density at radius 1 is 1.04 bits per heavy atom. The summed E-state index contributed by atoms with van der Waals surface area (Å²) in [6.45, 7) is 3.45. The number of piperidine rings is 1. The standard InChI is InChI=1S/C22H26N2O3/c25-15-14-24-17-22(19-8-4-5-9-20(19)24)10-12-23(13-11-22)21(26)27-16-18-6-2-1-3-7-18/h1-9,25H,10-17H2. The highest BCUT2D eigenvalue weighted by Crippen LogP contribution is 2.46. The number of fused-ring (bicyclic) bond motifs is 2. The first-order valence-corrected chi connectivity index (χ1v) is 9.63. The lowest BCUT2D eigenvalue weighted by Crippen LogP contribution is -2.47. The number of carbonyl (C=O) groups excluding carboxylic acids is 1. The molecule has 2 heterocycles. The minimum absolute atomic E-state index is 0.0714. The topological polar surface area (TPSA) is 53.0 Å². The first-order chi connectivity index (χ1) is 13.2. The fourth-order valence-electron chi connectivity index (χ4n) is 4.41. The van der Waals surface area contributed by atoms with E-state index in [1.165, 1.54) is 11.3 Å². The van der Waals surface area contributed by atoms with E-state index in [4.69, 9.17) is 4.74 Å². The summed E-state index contributed by atoms with van der Waals surface area (Å²) in [5.74, 6) is 0. The summed E-state index contributed by atoms with van der Waals surface area (Å²) < 4.78 is 5.49. The number of amides is 1. The molecule has 0 aliphatic carbocycles. The van der Waals surface area contributed by atoms with Crippen molar-refractivity contribution in [2.24, 2.45) is 0 Å². The second kappa shape index (κ2) is 7.61. The van der Waals surface area contributed by atoms with Gasteiger partial charge in [0.15, 0.2) is 0 Å². The third kappa shape index (κ3) is 3.52. The van der Waals surface area contributed by atoms with Crippen LogP contribution in [-0.4, -0.2) is 48.9 Å². The van der Waals surface area contributed by atoms with Crippen LogP contribution in [0.1, 0.15) is 24.0 Å². The lowest BCUT2D eigenvalue weighted by Gasteiger charge is -2.39. The van der Waals surface area contributed by atoms with Gasteiger partial charge in [0.05, 0.1) is 6.61 Å². The highest BCUT2D eigenvalue weighted by Gasteiger charge is 2.45. The number of rotatable bonds is 4. The van der Waals surface area contributed by atoms with Crippen LogP contribution in [-0.2, 0) is 16.8 Å². The fourth-order valence-corrected chi connectivity index (χ4v) is 4.41. The van der Waals surface area contributed by atoms with Crippen molar-refractivity contribution in [1.29, 1.82) is 0 Å². The number of anilines is 1. The van der Waals surface area contributed by atoms with Crippen LogP contribution in [0.3, 0.4) is 0 Å². The Morgan fingerprint density at radius 2 is 1.74 bits per heavy atom. The van der Waals surface area contributed by atoms with Gasteiger partial charge in [0.25, 0.3) is 0 Å². The number of aliphatic hydroxyl groups excluding tert-OH is 1. The van der Waals surface area contributed by atoms with Crippen LogP contribution >= 0.6 is 0 Å². The number of hydrogen-bond acceptors (Lipinski definition) is 4. The molecule has 142 valence electrons. The molecule has 2 aliphatic heterocycles. The van der Waals surface area contributed by atoms with Crippen molar-refractivity contribution in [1.82, 2.24) is 4.90 Å². The number of likely N-dealkylation sites (tertiary alicyclic amines) is 1. The minimum Gasteiger partial charge on any atom is -0.445 e. The van der Waals surface area contributed by atoms with E-state index in [1.54, 1.807) is 0 Å². The highest BCUT2D eigenvalue weighted by atomic mass is 16.6. The van der Waals surface area contributed by atoms with E-state index in [0.29, 0.717) is 26.2 Å². The molecule has 0 bridgehead atoms. The van der Waals surface area contributed by atoms with Crippen molar-refractivity contribution < 1.29 is 14.6 Å². The molecule has 0 unspecified atom stereocenters. The fraction of sp³-hybridized carbons (Fsp3) is 0.409. The summed E-state index contributed by atoms with van der Waals surface area (Å²) in [7, 11) is 0. The zero-order chi connectivity index (χ0) is 18.7. The number of β-amino-alcohol motifs (C(OH)–C–C–N with tert-alkyl or cyclic N) is 1. The zero-order valence-corrected chi connectivity index (χ0v) is 15.5. The Bertz CT molecular complexity index is 785. The number of aliphatic hydroxyl groups is 1. The summed E-state index contributed by atoms with van der Waals surface area (Å²) in [4.78, 5) is 16.5. The maximum absolute atomic E-state index is 12.4. The molecule has 0 atom stereocenters. The number of benzene rings is 2. The number of para-hydroxylation sites is 1. The summed E-state index contributed by atoms with van der Waals surface area (Å²) >= 11 is 0. The number of nitrogens with zero attached hydrogens (tertiary/aromatic N) is 2. The summed E-state index contributed by atoms with van der Waals surface area (Å²) in [6, 6.07) is 18.3. The largest absolute Gasteiger partial charge is 0.445 e. The van der Waals surface area contributed by atoms with Gasteiger partial charge in [0.2, 0.25) is 0 Å². The van der Waals surface area contributed by atoms with Gasteiger partial charge < -0.3 is 19.6 Å². The van der Waals surface area contributed by atoms with E-state index in [0.717, 1.165) is 24.9 Å². The van der Waals surface area contributed by atoms with Gasteiger partial charge in [-0.2, -0.15) is 0 Å². The second-order valence-corrected chi connectivity index (χ2v) is 7.47. The molecule has 1 saturated heterocycles. The molecule has 4 rings (SSSR count). The van der Waals surface area contributed by atoms with E-state index < -0.39 is 0 Å². The van der Waals surface area contributed by atoms with Gasteiger partial charge in [-0.3, -0.25) is 0 Å². The average Bonchev–Trinajstić information content (AvgIpc) is 3.01. The van der Waals surface area contributed by atoms with Crippen molar-refractivity contribution >= 4 is 11.8 Å². The van der Waals surface area contributed by atoms with E-state index in [2.05, 4.69) is 29.2 Å². The van der Waals surface area contributed by atoms with Gasteiger partial charge >= 0.3 is 6.09 Å². The van der Waals surface area contributed by atoms with Gasteiger partial charge in [0.1, 0.15) is 6.61 Å². The Kier molecular flexibility index (Phi) is 5.03. The van der Waals surface area contributed by atoms with Crippen LogP contribution < -0.4 is 4.90 Å². The summed E-state index contributed by atoms with van der Waals surface area (Å²) in [5.41, 5.74) is 3.66. The predicted molar refractivity (Wildman–Crippen MR) is 105 cm³/mol. The van der Waals surface area contributed by atoms with Gasteiger partial charge in [-0.1, -0.05) is 48.5 Å². The molecule has 2 aromatic carbocycles. The van der Waals surface area contributed by atoms with Crippen molar-refractivity contribution in [2.45, 2.75) is 24.9 Å². The van der Waals surface area contributed by atoms with Gasteiger partial charge in [-0.25, -0.2) is 4.79 Å². The third-order valence-corrected chi connectivity index (χ3v) is 5.86. The second-order valence-electron chi connectivity index (χ2n) is 7.47. The number of hydrogen-bond donors (Lipinski definition) is 1. The van der Waals surface area contributed by atoms with Crippen molar-refractivity contribution in [3.8, 4) is 0 Å². The molecule has 0 saturated carbocycles. The Labute approximate surface area is 160 Å². The first-order valence-electron chi connectivity index (χ1n) is 9.63. The summed E-state index contributed by atoms with van der Waals surface area (Å²) in [6.07, 6.45) is 1.62. The summed E-state index contributed by atoms with van der Waals surface area (Å²) in [5, 5.41) is 9.40. The molecule has 1 amide bonds. The van der Waals surface area contributed by atoms with Gasteiger partial charge in [-0.15, -0.1) is 0 Å². The van der Waals surface area contributed by atoms with E-state index in [9.17, 15) is 9.90 Å². The molecular weight excluding hydrogens is 340 g/mol. The lowest BCUT2D eigenvalue weighted by atomic mass is 9.74. The molecular formula is C22H26N2O3. The van der Waals surface area contributed by atoms with Crippen molar-refractivity contribution in [3.63, 3.8) is 0 Å². The normalized spacial score (nSPS) is 17.8. The molecule has 5 heteroatoms. The Balaban J connectivity index is 1.39. The first kappa shape index (κ1) is 17.9. The van der Waals surface area contributed by atoms with Crippen LogP contribution in [0.5, 0.6) is 0 Å². The quantitative estimate of drug-likeness (QED) is 0.903. The molecule has 1 fully saturated rings. The van der Waals surface area contributed by atoms with Crippen LogP contribution in [0.25, 0.3) is 0 Å². The van der Waals surface area contributed by atoms with E-state index in [-0.39, 0.29) is 18.1 Å². The molecule has 5 nitrogen and oxygen atoms in total. The Morgan fingerprint density at radius 3 is 2.48 bits per heavy atom. The number of ether oxygens (including phenoxy) is 1. The van der Waals surface area contributed by atoms with Crippen LogP contribution in [0, 0.1) is 0 Å². The van der Waals surface area contributed by atoms with Crippen molar-refractivity contribution in [2.75, 3.05) is 37.7 Å². The van der Waals surface area contributed by atoms with Crippen LogP contribution in [0.2, 0.25) is 0 Å². The third-order valence-electron chi connectivity index (χ3n) is 5.86. The van der Waals surface area contributed by atoms with Gasteiger partial charge in [-0.05, 0) is 30.0 Å². The van der Waals surface area contributed by atoms with E-state index >= 15 is 0 Å². The van der Waals surface area contributed by atoms with Crippen molar-refractivity contribution in [3.05, 3.63) is 65.7 Å². The van der Waals surface area contributed by atoms with E-state index in [1.807, 2.05) is 35.2 Å². The molecule has 2 aromatic rings. The number of carbonyl (C=O) groups is 1. The molecule has 1 spiro atoms.